The van der Waals surface area contributed by atoms with Gasteiger partial charge >= 0.3 is 12.1 Å². The van der Waals surface area contributed by atoms with E-state index in [-0.39, 0.29) is 60.6 Å². The van der Waals surface area contributed by atoms with E-state index in [2.05, 4.69) is 6.92 Å². The van der Waals surface area contributed by atoms with E-state index in [1.807, 2.05) is 13.8 Å². The van der Waals surface area contributed by atoms with Crippen molar-refractivity contribution in [3.63, 3.8) is 0 Å². The minimum Gasteiger partial charge on any atom is -0.457 e. The highest BCUT2D eigenvalue weighted by atomic mass is 16.7. The monoisotopic (exact) mass is 502 g/mol. The first-order valence-corrected chi connectivity index (χ1v) is 13.3. The molecule has 3 saturated carbocycles. The molecule has 0 amide bonds. The van der Waals surface area contributed by atoms with Gasteiger partial charge in [-0.25, -0.2) is 4.79 Å². The maximum atomic E-state index is 13.9. The van der Waals surface area contributed by atoms with Crippen LogP contribution in [-0.2, 0) is 33.4 Å². The zero-order valence-corrected chi connectivity index (χ0v) is 21.9. The van der Waals surface area contributed by atoms with Crippen LogP contribution in [0.2, 0.25) is 0 Å². The first-order valence-electron chi connectivity index (χ1n) is 13.3. The Hall–Kier alpha value is -2.51. The second-order valence-electron chi connectivity index (χ2n) is 11.4. The van der Waals surface area contributed by atoms with Crippen molar-refractivity contribution in [3.05, 3.63) is 11.6 Å². The Bertz CT molecular complexity index is 998. The molecule has 6 atom stereocenters. The molecule has 0 spiro atoms. The number of rotatable bonds is 7. The van der Waals surface area contributed by atoms with Crippen molar-refractivity contribution in [2.24, 2.45) is 28.6 Å². The summed E-state index contributed by atoms with van der Waals surface area (Å²) in [4.78, 5) is 64.2. The quantitative estimate of drug-likeness (QED) is 0.467. The van der Waals surface area contributed by atoms with Gasteiger partial charge in [0.25, 0.3) is 0 Å². The summed E-state index contributed by atoms with van der Waals surface area (Å²) >= 11 is 0. The minimum absolute atomic E-state index is 0.0229. The lowest BCUT2D eigenvalue weighted by molar-refractivity contribution is -0.177. The molecule has 0 unspecified atom stereocenters. The molecule has 0 saturated heterocycles. The van der Waals surface area contributed by atoms with Gasteiger partial charge in [0.05, 0.1) is 6.61 Å². The lowest BCUT2D eigenvalue weighted by Crippen LogP contribution is -2.62. The molecule has 0 N–H and O–H groups in total. The number of allylic oxidation sites excluding steroid dienone is 1. The maximum Gasteiger partial charge on any atom is 0.509 e. The number of Topliss-reactive ketones (excluding diaryl/α,β-unsaturated/α-hetero) is 2. The molecule has 4 aliphatic carbocycles. The van der Waals surface area contributed by atoms with Gasteiger partial charge in [-0.2, -0.15) is 0 Å². The molecule has 4 aliphatic rings. The SMILES string of the molecule is CCCOC(=O)O[C@]1(C(=O)COC(=O)CC)CC[C@H]2[C@@H]3CCC4=CC(=O)CC[C@]4(C)[C@H]3C(=O)C[C@@]21C. The lowest BCUT2D eigenvalue weighted by Gasteiger charge is -2.57. The van der Waals surface area contributed by atoms with Crippen LogP contribution in [0.25, 0.3) is 0 Å². The van der Waals surface area contributed by atoms with E-state index >= 15 is 0 Å². The molecule has 36 heavy (non-hydrogen) atoms. The highest BCUT2D eigenvalue weighted by Crippen LogP contribution is 2.67. The molecule has 0 aromatic heterocycles. The standard InChI is InChI=1S/C28H38O8/c1-5-13-34-25(33)36-28(22(31)16-35-23(32)6-2)12-10-20-19-8-7-17-14-18(29)9-11-26(17,3)24(19)21(30)15-27(20,28)4/h14,19-20,24H,5-13,15-16H2,1-4H3/t19-,20-,24+,26-,27-,28-/m0/s1. The molecule has 0 aromatic carbocycles. The van der Waals surface area contributed by atoms with Crippen LogP contribution in [0, 0.1) is 28.6 Å². The number of hydrogen-bond donors (Lipinski definition) is 0. The topological polar surface area (TPSA) is 113 Å². The first kappa shape index (κ1) is 26.6. The van der Waals surface area contributed by atoms with Gasteiger partial charge in [-0.15, -0.1) is 0 Å². The summed E-state index contributed by atoms with van der Waals surface area (Å²) in [7, 11) is 0. The highest BCUT2D eigenvalue weighted by molar-refractivity contribution is 5.96. The van der Waals surface area contributed by atoms with Gasteiger partial charge in [0.15, 0.2) is 18.0 Å². The van der Waals surface area contributed by atoms with E-state index in [4.69, 9.17) is 14.2 Å². The third-order valence-electron chi connectivity index (χ3n) is 9.56. The van der Waals surface area contributed by atoms with Gasteiger partial charge in [0, 0.05) is 30.6 Å². The van der Waals surface area contributed by atoms with E-state index in [0.717, 1.165) is 18.4 Å². The third-order valence-corrected chi connectivity index (χ3v) is 9.56. The number of hydrogen-bond acceptors (Lipinski definition) is 8. The van der Waals surface area contributed by atoms with Crippen LogP contribution in [0.15, 0.2) is 11.6 Å². The van der Waals surface area contributed by atoms with Crippen molar-refractivity contribution in [2.45, 2.75) is 91.1 Å². The number of carbonyl (C=O) groups is 5. The van der Waals surface area contributed by atoms with E-state index in [1.54, 1.807) is 13.0 Å². The Morgan fingerprint density at radius 2 is 1.78 bits per heavy atom. The molecular weight excluding hydrogens is 464 g/mol. The zero-order chi connectivity index (χ0) is 26.3. The summed E-state index contributed by atoms with van der Waals surface area (Å²) in [6, 6.07) is 0. The molecule has 8 heteroatoms. The Balaban J connectivity index is 1.69. The number of fused-ring (bicyclic) bond motifs is 5. The zero-order valence-electron chi connectivity index (χ0n) is 21.9. The van der Waals surface area contributed by atoms with Crippen LogP contribution in [0.3, 0.4) is 0 Å². The predicted molar refractivity (Wildman–Crippen MR) is 129 cm³/mol. The molecule has 0 aliphatic heterocycles. The minimum atomic E-state index is -1.60. The van der Waals surface area contributed by atoms with Gasteiger partial charge in [-0.1, -0.05) is 33.3 Å². The van der Waals surface area contributed by atoms with Gasteiger partial charge in [-0.3, -0.25) is 19.2 Å². The van der Waals surface area contributed by atoms with E-state index < -0.39 is 35.5 Å². The summed E-state index contributed by atoms with van der Waals surface area (Å²) in [6.07, 6.45) is 5.10. The fourth-order valence-electron chi connectivity index (χ4n) is 7.78. The van der Waals surface area contributed by atoms with Crippen LogP contribution in [-0.4, -0.2) is 48.3 Å². The number of carbonyl (C=O) groups excluding carboxylic acids is 5. The molecule has 3 fully saturated rings. The molecular formula is C28H38O8. The van der Waals surface area contributed by atoms with Crippen molar-refractivity contribution >= 4 is 29.5 Å². The van der Waals surface area contributed by atoms with Gasteiger partial charge in [-0.05, 0) is 61.9 Å². The molecule has 8 nitrogen and oxygen atoms in total. The normalized spacial score (nSPS) is 37.2. The second kappa shape index (κ2) is 9.75. The fraction of sp³-hybridized carbons (Fsp3) is 0.750. The molecule has 4 rings (SSSR count). The van der Waals surface area contributed by atoms with E-state index in [0.29, 0.717) is 25.7 Å². The highest BCUT2D eigenvalue weighted by Gasteiger charge is 2.71. The van der Waals surface area contributed by atoms with Crippen LogP contribution in [0.5, 0.6) is 0 Å². The average molecular weight is 503 g/mol. The van der Waals surface area contributed by atoms with Crippen molar-refractivity contribution in [3.8, 4) is 0 Å². The molecule has 0 heterocycles. The molecule has 0 aromatic rings. The van der Waals surface area contributed by atoms with Crippen LogP contribution >= 0.6 is 0 Å². The summed E-state index contributed by atoms with van der Waals surface area (Å²) in [5, 5.41) is 0. The van der Waals surface area contributed by atoms with E-state index in [1.165, 1.54) is 0 Å². The Morgan fingerprint density at radius 1 is 1.03 bits per heavy atom. The lowest BCUT2D eigenvalue weighted by atomic mass is 9.46. The Kier molecular flexibility index (Phi) is 7.19. The summed E-state index contributed by atoms with van der Waals surface area (Å²) in [5.41, 5.74) is -1.82. The van der Waals surface area contributed by atoms with Gasteiger partial charge < -0.3 is 14.2 Å². The van der Waals surface area contributed by atoms with Crippen molar-refractivity contribution in [2.75, 3.05) is 13.2 Å². The first-order chi connectivity index (χ1) is 17.0. The van der Waals surface area contributed by atoms with Crippen LogP contribution in [0.1, 0.15) is 85.5 Å². The van der Waals surface area contributed by atoms with Crippen molar-refractivity contribution < 1.29 is 38.2 Å². The largest absolute Gasteiger partial charge is 0.509 e. The summed E-state index contributed by atoms with van der Waals surface area (Å²) in [5.74, 6) is -1.07. The van der Waals surface area contributed by atoms with Gasteiger partial charge in [0.1, 0.15) is 5.78 Å². The average Bonchev–Trinajstić information content (AvgIpc) is 3.13. The third kappa shape index (κ3) is 4.10. The summed E-state index contributed by atoms with van der Waals surface area (Å²) < 4.78 is 16.2. The smallest absolute Gasteiger partial charge is 0.457 e. The fourth-order valence-corrected chi connectivity index (χ4v) is 7.78. The Morgan fingerprint density at radius 3 is 2.47 bits per heavy atom. The summed E-state index contributed by atoms with van der Waals surface area (Å²) in [6.45, 7) is 7.13. The number of esters is 1. The van der Waals surface area contributed by atoms with Crippen LogP contribution < -0.4 is 0 Å². The number of ether oxygens (including phenoxy) is 3. The van der Waals surface area contributed by atoms with Crippen LogP contribution in [0.4, 0.5) is 4.79 Å². The maximum absolute atomic E-state index is 13.9. The van der Waals surface area contributed by atoms with Crippen molar-refractivity contribution in [1.29, 1.82) is 0 Å². The molecule has 0 radical (unpaired) electrons. The van der Waals surface area contributed by atoms with Crippen molar-refractivity contribution in [1.82, 2.24) is 0 Å². The second-order valence-corrected chi connectivity index (χ2v) is 11.4. The molecule has 198 valence electrons. The van der Waals surface area contributed by atoms with Gasteiger partial charge in [0.2, 0.25) is 5.78 Å². The predicted octanol–water partition coefficient (Wildman–Crippen LogP) is 4.52. The van der Waals surface area contributed by atoms with E-state index in [9.17, 15) is 24.0 Å². The number of ketones is 3. The Labute approximate surface area is 212 Å². The molecule has 0 bridgehead atoms.